The third kappa shape index (κ3) is 3.63. The van der Waals surface area contributed by atoms with E-state index in [-0.39, 0.29) is 11.5 Å². The Balaban J connectivity index is 2.09. The Bertz CT molecular complexity index is 667. The van der Waals surface area contributed by atoms with E-state index in [1.165, 1.54) is 17.4 Å². The fourth-order valence-electron chi connectivity index (χ4n) is 1.78. The molecular weight excluding hydrogens is 296 g/mol. The highest BCUT2D eigenvalue weighted by Gasteiger charge is 2.16. The quantitative estimate of drug-likeness (QED) is 0.846. The summed E-state index contributed by atoms with van der Waals surface area (Å²) < 4.78 is 27.0. The number of thiazole rings is 1. The van der Waals surface area contributed by atoms with E-state index in [4.69, 9.17) is 5.11 Å². The van der Waals surface area contributed by atoms with Crippen LogP contribution in [0.5, 0.6) is 0 Å². The zero-order chi connectivity index (χ0) is 14.6. The highest BCUT2D eigenvalue weighted by molar-refractivity contribution is 7.89. The Morgan fingerprint density at radius 2 is 2.20 bits per heavy atom. The molecule has 1 aromatic carbocycles. The van der Waals surface area contributed by atoms with Crippen LogP contribution in [0.3, 0.4) is 0 Å². The van der Waals surface area contributed by atoms with Gasteiger partial charge in [-0.05, 0) is 24.1 Å². The highest BCUT2D eigenvalue weighted by Crippen LogP contribution is 2.17. The molecule has 0 saturated carbocycles. The molecule has 0 amide bonds. The molecule has 0 atom stereocenters. The summed E-state index contributed by atoms with van der Waals surface area (Å²) in [5.74, 6) is 0. The van der Waals surface area contributed by atoms with Crippen molar-refractivity contribution < 1.29 is 13.5 Å². The molecule has 0 unspecified atom stereocenters. The summed E-state index contributed by atoms with van der Waals surface area (Å²) in [4.78, 5) is 4.31. The van der Waals surface area contributed by atoms with E-state index >= 15 is 0 Å². The van der Waals surface area contributed by atoms with Crippen LogP contribution in [0, 0.1) is 6.92 Å². The lowest BCUT2D eigenvalue weighted by molar-refractivity contribution is 0.281. The second kappa shape index (κ2) is 6.45. The first-order valence-corrected chi connectivity index (χ1v) is 8.52. The summed E-state index contributed by atoms with van der Waals surface area (Å²) in [5.41, 5.74) is 3.83. The van der Waals surface area contributed by atoms with Gasteiger partial charge < -0.3 is 5.11 Å². The molecule has 0 aliphatic heterocycles. The molecule has 1 heterocycles. The average Bonchev–Trinajstić information content (AvgIpc) is 2.92. The zero-order valence-corrected chi connectivity index (χ0v) is 12.7. The second-order valence-electron chi connectivity index (χ2n) is 4.39. The topological polar surface area (TPSA) is 79.3 Å². The standard InChI is InChI=1S/C13H16N2O3S2/c1-10-2-3-11(7-16)6-13(10)20(17,18)15-5-4-12-8-19-9-14-12/h2-3,6,8-9,15-16H,4-5,7H2,1H3. The first kappa shape index (κ1) is 15.1. The van der Waals surface area contributed by atoms with Gasteiger partial charge in [0, 0.05) is 18.3 Å². The Kier molecular flexibility index (Phi) is 4.87. The minimum absolute atomic E-state index is 0.179. The highest BCUT2D eigenvalue weighted by atomic mass is 32.2. The molecule has 2 rings (SSSR count). The molecule has 2 N–H and O–H groups in total. The normalized spacial score (nSPS) is 11.7. The van der Waals surface area contributed by atoms with Crippen molar-refractivity contribution in [1.82, 2.24) is 9.71 Å². The van der Waals surface area contributed by atoms with Crippen molar-refractivity contribution >= 4 is 21.4 Å². The molecule has 0 bridgehead atoms. The Labute approximate surface area is 122 Å². The number of rotatable bonds is 6. The number of nitrogens with zero attached hydrogens (tertiary/aromatic N) is 1. The van der Waals surface area contributed by atoms with E-state index < -0.39 is 10.0 Å². The monoisotopic (exact) mass is 312 g/mol. The van der Waals surface area contributed by atoms with Crippen LogP contribution in [0.25, 0.3) is 0 Å². The van der Waals surface area contributed by atoms with Crippen molar-refractivity contribution in [2.24, 2.45) is 0 Å². The maximum absolute atomic E-state index is 12.2. The molecular formula is C13H16N2O3S2. The molecule has 20 heavy (non-hydrogen) atoms. The fourth-order valence-corrected chi connectivity index (χ4v) is 3.70. The fraction of sp³-hybridized carbons (Fsp3) is 0.308. The Morgan fingerprint density at radius 3 is 2.85 bits per heavy atom. The summed E-state index contributed by atoms with van der Waals surface area (Å²) in [7, 11) is -3.56. The van der Waals surface area contributed by atoms with Crippen LogP contribution in [0.2, 0.25) is 0 Å². The lowest BCUT2D eigenvalue weighted by atomic mass is 10.2. The molecule has 7 heteroatoms. The summed E-state index contributed by atoms with van der Waals surface area (Å²) in [5, 5.41) is 11.0. The van der Waals surface area contributed by atoms with E-state index in [0.717, 1.165) is 5.69 Å². The lowest BCUT2D eigenvalue weighted by Gasteiger charge is -2.10. The van der Waals surface area contributed by atoms with Crippen LogP contribution < -0.4 is 4.72 Å². The molecule has 1 aromatic heterocycles. The first-order valence-electron chi connectivity index (χ1n) is 6.10. The van der Waals surface area contributed by atoms with Crippen LogP contribution in [0.1, 0.15) is 16.8 Å². The molecule has 0 aliphatic rings. The van der Waals surface area contributed by atoms with Gasteiger partial charge >= 0.3 is 0 Å². The number of hydrogen-bond acceptors (Lipinski definition) is 5. The van der Waals surface area contributed by atoms with Gasteiger partial charge in [0.15, 0.2) is 0 Å². The van der Waals surface area contributed by atoms with E-state index in [0.29, 0.717) is 24.1 Å². The van der Waals surface area contributed by atoms with Gasteiger partial charge in [0.25, 0.3) is 0 Å². The number of aromatic nitrogens is 1. The van der Waals surface area contributed by atoms with Crippen molar-refractivity contribution in [3.05, 3.63) is 45.9 Å². The Hall–Kier alpha value is -1.28. The van der Waals surface area contributed by atoms with E-state index in [2.05, 4.69) is 9.71 Å². The smallest absolute Gasteiger partial charge is 0.240 e. The van der Waals surface area contributed by atoms with E-state index in [1.807, 2.05) is 5.38 Å². The third-order valence-electron chi connectivity index (χ3n) is 2.88. The van der Waals surface area contributed by atoms with Crippen molar-refractivity contribution in [2.75, 3.05) is 6.54 Å². The van der Waals surface area contributed by atoms with Gasteiger partial charge in [-0.2, -0.15) is 0 Å². The molecule has 108 valence electrons. The van der Waals surface area contributed by atoms with Crippen LogP contribution in [0.15, 0.2) is 34.0 Å². The number of aliphatic hydroxyl groups is 1. The molecule has 2 aromatic rings. The van der Waals surface area contributed by atoms with Crippen molar-refractivity contribution in [2.45, 2.75) is 24.8 Å². The van der Waals surface area contributed by atoms with E-state index in [9.17, 15) is 8.42 Å². The van der Waals surface area contributed by atoms with Crippen LogP contribution in [0.4, 0.5) is 0 Å². The summed E-state index contributed by atoms with van der Waals surface area (Å²) in [6.07, 6.45) is 0.557. The van der Waals surface area contributed by atoms with Gasteiger partial charge in [0.2, 0.25) is 10.0 Å². The maximum Gasteiger partial charge on any atom is 0.240 e. The molecule has 0 radical (unpaired) electrons. The van der Waals surface area contributed by atoms with Crippen molar-refractivity contribution in [1.29, 1.82) is 0 Å². The number of benzene rings is 1. The summed E-state index contributed by atoms with van der Waals surface area (Å²) in [6, 6.07) is 4.91. The lowest BCUT2D eigenvalue weighted by Crippen LogP contribution is -2.26. The largest absolute Gasteiger partial charge is 0.392 e. The number of nitrogens with one attached hydrogen (secondary N) is 1. The van der Waals surface area contributed by atoms with Crippen molar-refractivity contribution in [3.8, 4) is 0 Å². The number of aryl methyl sites for hydroxylation is 1. The van der Waals surface area contributed by atoms with Gasteiger partial charge in [-0.15, -0.1) is 11.3 Å². The van der Waals surface area contributed by atoms with Gasteiger partial charge in [-0.25, -0.2) is 18.1 Å². The first-order chi connectivity index (χ1) is 9.53. The van der Waals surface area contributed by atoms with E-state index in [1.54, 1.807) is 24.6 Å². The van der Waals surface area contributed by atoms with Gasteiger partial charge in [0.1, 0.15) is 0 Å². The SMILES string of the molecule is Cc1ccc(CO)cc1S(=O)(=O)NCCc1cscn1. The van der Waals surface area contributed by atoms with Crippen molar-refractivity contribution in [3.63, 3.8) is 0 Å². The van der Waals surface area contributed by atoms with Crippen LogP contribution >= 0.6 is 11.3 Å². The second-order valence-corrected chi connectivity index (χ2v) is 6.84. The number of sulfonamides is 1. The minimum atomic E-state index is -3.56. The maximum atomic E-state index is 12.2. The molecule has 0 spiro atoms. The zero-order valence-electron chi connectivity index (χ0n) is 11.0. The molecule has 0 fully saturated rings. The van der Waals surface area contributed by atoms with Gasteiger partial charge in [-0.3, -0.25) is 0 Å². The third-order valence-corrected chi connectivity index (χ3v) is 5.12. The average molecular weight is 312 g/mol. The van der Waals surface area contributed by atoms with Gasteiger partial charge in [0.05, 0.1) is 22.7 Å². The predicted octanol–water partition coefficient (Wildman–Crippen LogP) is 1.46. The molecule has 5 nitrogen and oxygen atoms in total. The number of hydrogen-bond donors (Lipinski definition) is 2. The molecule has 0 aliphatic carbocycles. The number of aliphatic hydroxyl groups excluding tert-OH is 1. The van der Waals surface area contributed by atoms with Gasteiger partial charge in [-0.1, -0.05) is 12.1 Å². The summed E-state index contributed by atoms with van der Waals surface area (Å²) in [6.45, 7) is 1.85. The molecule has 0 saturated heterocycles. The minimum Gasteiger partial charge on any atom is -0.392 e. The summed E-state index contributed by atoms with van der Waals surface area (Å²) >= 11 is 1.49. The van der Waals surface area contributed by atoms with Crippen LogP contribution in [-0.2, 0) is 23.1 Å². The van der Waals surface area contributed by atoms with Crippen LogP contribution in [-0.4, -0.2) is 25.1 Å². The predicted molar refractivity (Wildman–Crippen MR) is 78.1 cm³/mol. The Morgan fingerprint density at radius 1 is 1.40 bits per heavy atom.